The van der Waals surface area contributed by atoms with Gasteiger partial charge in [0.25, 0.3) is 0 Å². The lowest BCUT2D eigenvalue weighted by atomic mass is 10.2. The van der Waals surface area contributed by atoms with Crippen LogP contribution in [0.15, 0.2) is 16.6 Å². The van der Waals surface area contributed by atoms with Crippen molar-refractivity contribution >= 4 is 33.8 Å². The molecule has 4 heteroatoms. The van der Waals surface area contributed by atoms with E-state index < -0.39 is 0 Å². The van der Waals surface area contributed by atoms with Crippen LogP contribution >= 0.6 is 27.5 Å². The minimum absolute atomic E-state index is 0.0170. The number of hydrogen-bond donors (Lipinski definition) is 1. The van der Waals surface area contributed by atoms with Gasteiger partial charge in [0.05, 0.1) is 5.02 Å². The van der Waals surface area contributed by atoms with Crippen molar-refractivity contribution in [2.75, 3.05) is 0 Å². The largest absolute Gasteiger partial charge is 0.508 e. The molecule has 0 unspecified atom stereocenters. The van der Waals surface area contributed by atoms with Crippen LogP contribution in [0, 0.1) is 0 Å². The lowest BCUT2D eigenvalue weighted by Gasteiger charge is -1.99. The van der Waals surface area contributed by atoms with E-state index in [4.69, 9.17) is 16.7 Å². The van der Waals surface area contributed by atoms with Crippen LogP contribution in [0.2, 0.25) is 5.02 Å². The van der Waals surface area contributed by atoms with Crippen molar-refractivity contribution in [3.63, 3.8) is 0 Å². The van der Waals surface area contributed by atoms with Gasteiger partial charge in [-0.25, -0.2) is 0 Å². The van der Waals surface area contributed by atoms with Gasteiger partial charge in [-0.2, -0.15) is 0 Å². The van der Waals surface area contributed by atoms with Gasteiger partial charge in [-0.15, -0.1) is 0 Å². The van der Waals surface area contributed by atoms with Crippen molar-refractivity contribution in [3.8, 4) is 5.75 Å². The first-order chi connectivity index (χ1) is 5.15. The van der Waals surface area contributed by atoms with Gasteiger partial charge < -0.3 is 5.11 Å². The Kier molecular flexibility index (Phi) is 2.52. The van der Waals surface area contributed by atoms with Crippen LogP contribution in [0.5, 0.6) is 5.75 Å². The average Bonchev–Trinajstić information content (AvgIpc) is 1.96. The van der Waals surface area contributed by atoms with Crippen LogP contribution in [0.1, 0.15) is 10.4 Å². The van der Waals surface area contributed by atoms with Crippen molar-refractivity contribution in [1.29, 1.82) is 0 Å². The summed E-state index contributed by atoms with van der Waals surface area (Å²) in [6.45, 7) is 0. The summed E-state index contributed by atoms with van der Waals surface area (Å²) in [7, 11) is 0. The van der Waals surface area contributed by atoms with Crippen LogP contribution in [-0.4, -0.2) is 11.4 Å². The normalized spacial score (nSPS) is 9.64. The third-order valence-corrected chi connectivity index (χ3v) is 2.44. The summed E-state index contributed by atoms with van der Waals surface area (Å²) < 4.78 is 0.515. The second-order valence-corrected chi connectivity index (χ2v) is 3.18. The van der Waals surface area contributed by atoms with E-state index in [-0.39, 0.29) is 11.3 Å². The third kappa shape index (κ3) is 1.73. The highest BCUT2D eigenvalue weighted by Crippen LogP contribution is 2.29. The number of benzene rings is 1. The summed E-state index contributed by atoms with van der Waals surface area (Å²) in [5.41, 5.74) is 0.276. The van der Waals surface area contributed by atoms with E-state index >= 15 is 0 Å². The van der Waals surface area contributed by atoms with E-state index in [1.54, 1.807) is 0 Å². The predicted octanol–water partition coefficient (Wildman–Crippen LogP) is 2.62. The Balaban J connectivity index is 3.35. The fourth-order valence-corrected chi connectivity index (χ4v) is 1.30. The first kappa shape index (κ1) is 8.56. The molecule has 1 aromatic carbocycles. The van der Waals surface area contributed by atoms with E-state index in [1.807, 2.05) is 0 Å². The Morgan fingerprint density at radius 3 is 2.73 bits per heavy atom. The van der Waals surface area contributed by atoms with Crippen LogP contribution in [-0.2, 0) is 0 Å². The topological polar surface area (TPSA) is 37.3 Å². The number of aromatic hydroxyl groups is 1. The molecule has 1 rings (SSSR count). The number of hydrogen-bond acceptors (Lipinski definition) is 2. The van der Waals surface area contributed by atoms with Gasteiger partial charge in [0.1, 0.15) is 5.75 Å². The highest BCUT2D eigenvalue weighted by atomic mass is 79.9. The molecule has 0 aliphatic carbocycles. The SMILES string of the molecule is O=Cc1cc(O)cc(Br)c1Cl. The second kappa shape index (κ2) is 3.24. The zero-order valence-corrected chi connectivity index (χ0v) is 7.69. The minimum Gasteiger partial charge on any atom is -0.508 e. The van der Waals surface area contributed by atoms with Gasteiger partial charge in [0.2, 0.25) is 0 Å². The molecule has 58 valence electrons. The maximum Gasteiger partial charge on any atom is 0.151 e. The lowest BCUT2D eigenvalue weighted by Crippen LogP contribution is -1.82. The van der Waals surface area contributed by atoms with Crippen molar-refractivity contribution in [3.05, 3.63) is 27.2 Å². The zero-order valence-electron chi connectivity index (χ0n) is 5.34. The van der Waals surface area contributed by atoms with Gasteiger partial charge in [-0.1, -0.05) is 11.6 Å². The van der Waals surface area contributed by atoms with Gasteiger partial charge in [0.15, 0.2) is 6.29 Å². The first-order valence-corrected chi connectivity index (χ1v) is 3.95. The van der Waals surface area contributed by atoms with Crippen LogP contribution < -0.4 is 0 Å². The van der Waals surface area contributed by atoms with E-state index in [0.717, 1.165) is 0 Å². The molecule has 0 spiro atoms. The van der Waals surface area contributed by atoms with Gasteiger partial charge in [0, 0.05) is 10.0 Å². The Labute approximate surface area is 76.9 Å². The lowest BCUT2D eigenvalue weighted by molar-refractivity contribution is 0.112. The number of carbonyl (C=O) groups is 1. The van der Waals surface area contributed by atoms with Gasteiger partial charge >= 0.3 is 0 Å². The van der Waals surface area contributed by atoms with Crippen molar-refractivity contribution in [2.45, 2.75) is 0 Å². The minimum atomic E-state index is 0.0170. The predicted molar refractivity (Wildman–Crippen MR) is 46.2 cm³/mol. The smallest absolute Gasteiger partial charge is 0.151 e. The second-order valence-electron chi connectivity index (χ2n) is 1.95. The molecule has 0 radical (unpaired) electrons. The van der Waals surface area contributed by atoms with Gasteiger partial charge in [-0.05, 0) is 28.1 Å². The Hall–Kier alpha value is -0.540. The number of phenolic OH excluding ortho intramolecular Hbond substituents is 1. The molecule has 1 N–H and O–H groups in total. The molecule has 0 aromatic heterocycles. The quantitative estimate of drug-likeness (QED) is 0.760. The average molecular weight is 235 g/mol. The van der Waals surface area contributed by atoms with E-state index in [0.29, 0.717) is 15.8 Å². The highest BCUT2D eigenvalue weighted by Gasteiger charge is 2.04. The third-order valence-electron chi connectivity index (χ3n) is 1.17. The highest BCUT2D eigenvalue weighted by molar-refractivity contribution is 9.10. The fourth-order valence-electron chi connectivity index (χ4n) is 0.681. The number of halogens is 2. The number of phenols is 1. The maximum atomic E-state index is 10.3. The van der Waals surface area contributed by atoms with Crippen molar-refractivity contribution < 1.29 is 9.90 Å². The fraction of sp³-hybridized carbons (Fsp3) is 0. The molecule has 0 aliphatic heterocycles. The number of carbonyl (C=O) groups excluding carboxylic acids is 1. The molecule has 0 fully saturated rings. The van der Waals surface area contributed by atoms with E-state index in [9.17, 15) is 4.79 Å². The molecule has 0 saturated heterocycles. The zero-order chi connectivity index (χ0) is 8.43. The number of rotatable bonds is 1. The summed E-state index contributed by atoms with van der Waals surface area (Å²) in [5.74, 6) is 0.0170. The Morgan fingerprint density at radius 2 is 2.18 bits per heavy atom. The summed E-state index contributed by atoms with van der Waals surface area (Å²) in [5, 5.41) is 9.32. The van der Waals surface area contributed by atoms with Crippen LogP contribution in [0.3, 0.4) is 0 Å². The molecule has 0 heterocycles. The van der Waals surface area contributed by atoms with E-state index in [1.165, 1.54) is 12.1 Å². The van der Waals surface area contributed by atoms with Crippen molar-refractivity contribution in [2.24, 2.45) is 0 Å². The standard InChI is InChI=1S/C7H4BrClO2/c8-6-2-5(11)1-4(3-10)7(6)9/h1-3,11H. The molecule has 0 aliphatic rings. The molecule has 2 nitrogen and oxygen atoms in total. The van der Waals surface area contributed by atoms with Gasteiger partial charge in [-0.3, -0.25) is 4.79 Å². The summed E-state index contributed by atoms with van der Waals surface area (Å²) >= 11 is 8.76. The summed E-state index contributed by atoms with van der Waals surface area (Å²) in [6.07, 6.45) is 0.590. The summed E-state index contributed by atoms with van der Waals surface area (Å²) in [4.78, 5) is 10.3. The summed E-state index contributed by atoms with van der Waals surface area (Å²) in [6, 6.07) is 2.73. The van der Waals surface area contributed by atoms with E-state index in [2.05, 4.69) is 15.9 Å². The van der Waals surface area contributed by atoms with Crippen LogP contribution in [0.25, 0.3) is 0 Å². The molecule has 0 bridgehead atoms. The number of aldehydes is 1. The molecule has 0 saturated carbocycles. The first-order valence-electron chi connectivity index (χ1n) is 2.78. The van der Waals surface area contributed by atoms with Crippen molar-refractivity contribution in [1.82, 2.24) is 0 Å². The molecular weight excluding hydrogens is 231 g/mol. The monoisotopic (exact) mass is 234 g/mol. The molecule has 0 amide bonds. The molecule has 0 atom stereocenters. The molecule has 1 aromatic rings. The van der Waals surface area contributed by atoms with Crippen LogP contribution in [0.4, 0.5) is 0 Å². The maximum absolute atomic E-state index is 10.3. The molecule has 11 heavy (non-hydrogen) atoms. The Morgan fingerprint density at radius 1 is 1.55 bits per heavy atom. The Bertz CT molecular complexity index is 299. The molecular formula is C7H4BrClO2.